The van der Waals surface area contributed by atoms with E-state index in [0.717, 1.165) is 0 Å². The number of halogens is 1. The number of rotatable bonds is 0. The van der Waals surface area contributed by atoms with Crippen molar-refractivity contribution < 1.29 is 9.13 Å². The maximum atomic E-state index is 12.8. The van der Waals surface area contributed by atoms with Gasteiger partial charge < -0.3 is 10.1 Å². The molecular weight excluding hydrogens is 147 g/mol. The molecule has 0 saturated heterocycles. The molecule has 2 heterocycles. The molecule has 2 rings (SSSR count). The van der Waals surface area contributed by atoms with Crippen LogP contribution < -0.4 is 10.1 Å². The number of anilines is 1. The van der Waals surface area contributed by atoms with Gasteiger partial charge in [0.25, 0.3) is 0 Å². The number of fused-ring (bicyclic) bond motifs is 1. The number of hydrogen-bond acceptors (Lipinski definition) is 3. The third-order valence-electron chi connectivity index (χ3n) is 1.53. The fourth-order valence-electron chi connectivity index (χ4n) is 1.04. The fourth-order valence-corrected chi connectivity index (χ4v) is 1.04. The van der Waals surface area contributed by atoms with Crippen LogP contribution in [-0.4, -0.2) is 18.1 Å². The van der Waals surface area contributed by atoms with Crippen LogP contribution >= 0.6 is 0 Å². The number of ether oxygens (including phenoxy) is 1. The Balaban J connectivity index is 2.49. The van der Waals surface area contributed by atoms with Crippen LogP contribution in [0, 0.1) is 5.95 Å². The molecule has 1 aliphatic rings. The summed E-state index contributed by atoms with van der Waals surface area (Å²) < 4.78 is 18.0. The van der Waals surface area contributed by atoms with Crippen molar-refractivity contribution in [2.75, 3.05) is 18.5 Å². The molecule has 0 saturated carbocycles. The molecule has 0 aliphatic carbocycles. The third kappa shape index (κ3) is 1.00. The van der Waals surface area contributed by atoms with Gasteiger partial charge in [-0.2, -0.15) is 4.39 Å². The van der Waals surface area contributed by atoms with E-state index in [1.807, 2.05) is 0 Å². The lowest BCUT2D eigenvalue weighted by Gasteiger charge is -2.18. The Hall–Kier alpha value is -1.32. The van der Waals surface area contributed by atoms with Gasteiger partial charge in [-0.1, -0.05) is 0 Å². The van der Waals surface area contributed by atoms with Crippen molar-refractivity contribution in [1.82, 2.24) is 4.98 Å². The predicted octanol–water partition coefficient (Wildman–Crippen LogP) is 1.02. The van der Waals surface area contributed by atoms with Crippen molar-refractivity contribution >= 4 is 5.69 Å². The van der Waals surface area contributed by atoms with Gasteiger partial charge in [0, 0.05) is 18.8 Å². The number of nitrogens with zero attached hydrogens (tertiary/aromatic N) is 1. The molecule has 0 fully saturated rings. The van der Waals surface area contributed by atoms with Crippen molar-refractivity contribution in [3.8, 4) is 5.75 Å². The van der Waals surface area contributed by atoms with Gasteiger partial charge in [-0.05, 0) is 0 Å². The molecule has 1 N–H and O–H groups in total. The summed E-state index contributed by atoms with van der Waals surface area (Å²) in [7, 11) is 0. The van der Waals surface area contributed by atoms with Gasteiger partial charge in [0.15, 0.2) is 0 Å². The van der Waals surface area contributed by atoms with Gasteiger partial charge in [-0.25, -0.2) is 4.98 Å². The first-order chi connectivity index (χ1) is 5.38. The van der Waals surface area contributed by atoms with E-state index in [-0.39, 0.29) is 0 Å². The summed E-state index contributed by atoms with van der Waals surface area (Å²) in [5, 5.41) is 2.87. The van der Waals surface area contributed by atoms with Crippen LogP contribution in [0.4, 0.5) is 10.1 Å². The minimum absolute atomic E-state index is 0.374. The number of pyridine rings is 1. The van der Waals surface area contributed by atoms with Gasteiger partial charge in [0.1, 0.15) is 18.0 Å². The topological polar surface area (TPSA) is 34.2 Å². The minimum Gasteiger partial charge on any atom is -0.489 e. The van der Waals surface area contributed by atoms with Crippen molar-refractivity contribution in [3.05, 3.63) is 18.2 Å². The molecule has 58 valence electrons. The number of hydrogen-bond donors (Lipinski definition) is 1. The normalized spacial score (nSPS) is 14.6. The van der Waals surface area contributed by atoms with Gasteiger partial charge in [-0.3, -0.25) is 0 Å². The summed E-state index contributed by atoms with van der Waals surface area (Å²) in [6.45, 7) is 1.21. The van der Waals surface area contributed by atoms with E-state index in [1.54, 1.807) is 6.07 Å². The lowest BCUT2D eigenvalue weighted by Crippen LogP contribution is -2.19. The zero-order chi connectivity index (χ0) is 7.68. The lowest BCUT2D eigenvalue weighted by atomic mass is 10.3. The second-order valence-corrected chi connectivity index (χ2v) is 2.25. The Kier molecular flexibility index (Phi) is 1.38. The van der Waals surface area contributed by atoms with Crippen LogP contribution in [0.3, 0.4) is 0 Å². The molecule has 1 aromatic heterocycles. The molecule has 0 unspecified atom stereocenters. The first-order valence-corrected chi connectivity index (χ1v) is 3.39. The van der Waals surface area contributed by atoms with Crippen LogP contribution in [-0.2, 0) is 0 Å². The monoisotopic (exact) mass is 154 g/mol. The van der Waals surface area contributed by atoms with Crippen molar-refractivity contribution in [2.24, 2.45) is 0 Å². The summed E-state index contributed by atoms with van der Waals surface area (Å²) in [5.41, 5.74) is 0.374. The number of nitrogens with one attached hydrogen (secondary N) is 1. The molecule has 0 atom stereocenters. The van der Waals surface area contributed by atoms with Gasteiger partial charge in [-0.15, -0.1) is 0 Å². The van der Waals surface area contributed by atoms with Crippen LogP contribution in [0.1, 0.15) is 0 Å². The second kappa shape index (κ2) is 2.38. The summed E-state index contributed by atoms with van der Waals surface area (Å²) in [6, 6.07) is 1.64. The highest BCUT2D eigenvalue weighted by atomic mass is 19.1. The van der Waals surface area contributed by atoms with Crippen molar-refractivity contribution in [3.63, 3.8) is 0 Å². The third-order valence-corrected chi connectivity index (χ3v) is 1.53. The van der Waals surface area contributed by atoms with Crippen LogP contribution in [0.2, 0.25) is 0 Å². The Bertz CT molecular complexity index is 277. The molecule has 1 aromatic rings. The van der Waals surface area contributed by atoms with E-state index < -0.39 is 5.95 Å². The SMILES string of the molecule is Fc1nccc2c1NCCO2. The van der Waals surface area contributed by atoms with E-state index in [2.05, 4.69) is 10.3 Å². The summed E-state index contributed by atoms with van der Waals surface area (Å²) in [4.78, 5) is 3.48. The van der Waals surface area contributed by atoms with Gasteiger partial charge in [0.2, 0.25) is 5.95 Å². The standard InChI is InChI=1S/C7H7FN2O/c8-7-6-5(1-2-10-7)11-4-3-9-6/h1-2,9H,3-4H2. The number of aromatic nitrogens is 1. The molecule has 0 aromatic carbocycles. The predicted molar refractivity (Wildman–Crippen MR) is 38.2 cm³/mol. The summed E-state index contributed by atoms with van der Waals surface area (Å²) in [6.07, 6.45) is 1.39. The summed E-state index contributed by atoms with van der Waals surface area (Å²) in [5.74, 6) is 0.0472. The summed E-state index contributed by atoms with van der Waals surface area (Å²) >= 11 is 0. The average Bonchev–Trinajstić information content (AvgIpc) is 2.06. The molecule has 0 radical (unpaired) electrons. The fraction of sp³-hybridized carbons (Fsp3) is 0.286. The van der Waals surface area contributed by atoms with E-state index in [1.165, 1.54) is 6.20 Å². The van der Waals surface area contributed by atoms with Crippen molar-refractivity contribution in [1.29, 1.82) is 0 Å². The Labute approximate surface area is 63.2 Å². The first-order valence-electron chi connectivity index (χ1n) is 3.39. The highest BCUT2D eigenvalue weighted by Gasteiger charge is 2.13. The molecule has 3 nitrogen and oxygen atoms in total. The highest BCUT2D eigenvalue weighted by molar-refractivity contribution is 5.56. The average molecular weight is 154 g/mol. The van der Waals surface area contributed by atoms with Crippen LogP contribution in [0.25, 0.3) is 0 Å². The molecule has 0 amide bonds. The highest BCUT2D eigenvalue weighted by Crippen LogP contribution is 2.27. The van der Waals surface area contributed by atoms with Crippen LogP contribution in [0.15, 0.2) is 12.3 Å². The maximum absolute atomic E-state index is 12.8. The molecule has 11 heavy (non-hydrogen) atoms. The largest absolute Gasteiger partial charge is 0.489 e. The molecule has 0 bridgehead atoms. The zero-order valence-corrected chi connectivity index (χ0v) is 5.80. The molecule has 1 aliphatic heterocycles. The van der Waals surface area contributed by atoms with Crippen LogP contribution in [0.5, 0.6) is 5.75 Å². The first kappa shape index (κ1) is 6.39. The lowest BCUT2D eigenvalue weighted by molar-refractivity contribution is 0.319. The van der Waals surface area contributed by atoms with E-state index in [4.69, 9.17) is 4.74 Å². The Morgan fingerprint density at radius 1 is 1.64 bits per heavy atom. The second-order valence-electron chi connectivity index (χ2n) is 2.25. The van der Waals surface area contributed by atoms with Gasteiger partial charge in [0.05, 0.1) is 0 Å². The van der Waals surface area contributed by atoms with E-state index in [9.17, 15) is 4.39 Å². The molecular formula is C7H7FN2O. The van der Waals surface area contributed by atoms with E-state index in [0.29, 0.717) is 24.6 Å². The zero-order valence-electron chi connectivity index (χ0n) is 5.80. The maximum Gasteiger partial charge on any atom is 0.240 e. The van der Waals surface area contributed by atoms with Crippen molar-refractivity contribution in [2.45, 2.75) is 0 Å². The van der Waals surface area contributed by atoms with E-state index >= 15 is 0 Å². The molecule has 4 heteroatoms. The molecule has 0 spiro atoms. The quantitative estimate of drug-likeness (QED) is 0.566. The minimum atomic E-state index is -0.498. The van der Waals surface area contributed by atoms with Gasteiger partial charge >= 0.3 is 0 Å². The smallest absolute Gasteiger partial charge is 0.240 e. The Morgan fingerprint density at radius 2 is 2.55 bits per heavy atom. The Morgan fingerprint density at radius 3 is 3.36 bits per heavy atom.